The van der Waals surface area contributed by atoms with Crippen LogP contribution in [0.25, 0.3) is 10.9 Å². The molecule has 0 radical (unpaired) electrons. The summed E-state index contributed by atoms with van der Waals surface area (Å²) in [6.07, 6.45) is 0. The number of nitrogens with one attached hydrogen (secondary N) is 1. The van der Waals surface area contributed by atoms with E-state index < -0.39 is 0 Å². The highest BCUT2D eigenvalue weighted by atomic mass is 19.1. The largest absolute Gasteiger partial charge is 0.358 e. The van der Waals surface area contributed by atoms with Crippen molar-refractivity contribution in [3.05, 3.63) is 71.2 Å². The molecule has 0 saturated carbocycles. The Balaban J connectivity index is 1.44. The van der Waals surface area contributed by atoms with Crippen LogP contribution in [0.4, 0.5) is 4.39 Å². The number of carbonyl (C=O) groups excluding carboxylic acids is 1. The van der Waals surface area contributed by atoms with Gasteiger partial charge in [0.1, 0.15) is 5.82 Å². The summed E-state index contributed by atoms with van der Waals surface area (Å²) in [7, 11) is 0. The normalized spacial score (nSPS) is 16.5. The number of aromatic amines is 1. The zero-order chi connectivity index (χ0) is 19.7. The molecule has 4 rings (SSSR count). The van der Waals surface area contributed by atoms with Crippen LogP contribution in [0.3, 0.4) is 0 Å². The molecule has 2 heterocycles. The highest BCUT2D eigenvalue weighted by molar-refractivity contribution is 5.93. The van der Waals surface area contributed by atoms with E-state index in [1.165, 1.54) is 17.7 Å². The summed E-state index contributed by atoms with van der Waals surface area (Å²) in [6, 6.07) is 15.1. The van der Waals surface area contributed by atoms with E-state index in [1.54, 1.807) is 6.07 Å². The number of hydrogen-bond acceptors (Lipinski definition) is 2. The maximum Gasteiger partial charge on any atom is 0.230 e. The Morgan fingerprint density at radius 1 is 1.11 bits per heavy atom. The number of fused-ring (bicyclic) bond motifs is 1. The van der Waals surface area contributed by atoms with Crippen molar-refractivity contribution < 1.29 is 9.18 Å². The number of hydrogen-bond donors (Lipinski definition) is 1. The Kier molecular flexibility index (Phi) is 5.18. The number of aryl methyl sites for hydroxylation is 1. The average Bonchev–Trinajstić information content (AvgIpc) is 3.03. The van der Waals surface area contributed by atoms with Crippen LogP contribution in [0.1, 0.15) is 29.7 Å². The Hall–Kier alpha value is -2.66. The first kappa shape index (κ1) is 18.7. The van der Waals surface area contributed by atoms with Gasteiger partial charge in [-0.2, -0.15) is 0 Å². The molecule has 1 aliphatic rings. The standard InChI is InChI=1S/C23H26FN3O/c1-16(22-17(2)25-21-9-8-19(24)14-20(21)22)23(28)27-12-10-26(11-13-27)15-18-6-4-3-5-7-18/h3-9,14,16,25H,10-13,15H2,1-2H3. The fourth-order valence-corrected chi connectivity index (χ4v) is 4.24. The van der Waals surface area contributed by atoms with Crippen molar-refractivity contribution in [2.24, 2.45) is 0 Å². The van der Waals surface area contributed by atoms with Crippen LogP contribution in [0.15, 0.2) is 48.5 Å². The van der Waals surface area contributed by atoms with Gasteiger partial charge >= 0.3 is 0 Å². The Morgan fingerprint density at radius 2 is 1.82 bits per heavy atom. The van der Waals surface area contributed by atoms with Crippen LogP contribution in [0, 0.1) is 12.7 Å². The second-order valence-electron chi connectivity index (χ2n) is 7.66. The second-order valence-corrected chi connectivity index (χ2v) is 7.66. The fraction of sp³-hybridized carbons (Fsp3) is 0.348. The topological polar surface area (TPSA) is 39.3 Å². The van der Waals surface area contributed by atoms with Crippen LogP contribution in [-0.4, -0.2) is 46.9 Å². The van der Waals surface area contributed by atoms with Crippen molar-refractivity contribution in [2.45, 2.75) is 26.3 Å². The molecule has 0 spiro atoms. The highest BCUT2D eigenvalue weighted by Crippen LogP contribution is 2.31. The number of H-pyrrole nitrogens is 1. The minimum absolute atomic E-state index is 0.118. The van der Waals surface area contributed by atoms with Gasteiger partial charge in [-0.05, 0) is 43.2 Å². The van der Waals surface area contributed by atoms with Gasteiger partial charge < -0.3 is 9.88 Å². The Morgan fingerprint density at radius 3 is 2.54 bits per heavy atom. The summed E-state index contributed by atoms with van der Waals surface area (Å²) in [6.45, 7) is 7.99. The quantitative estimate of drug-likeness (QED) is 0.742. The third-order valence-corrected chi connectivity index (χ3v) is 5.73. The molecule has 1 fully saturated rings. The molecule has 4 nitrogen and oxygen atoms in total. The van der Waals surface area contributed by atoms with E-state index >= 15 is 0 Å². The van der Waals surface area contributed by atoms with Crippen molar-refractivity contribution in [3.63, 3.8) is 0 Å². The number of carbonyl (C=O) groups is 1. The molecular formula is C23H26FN3O. The number of piperazine rings is 1. The number of amides is 1. The van der Waals surface area contributed by atoms with E-state index in [0.29, 0.717) is 0 Å². The minimum Gasteiger partial charge on any atom is -0.358 e. The summed E-state index contributed by atoms with van der Waals surface area (Å²) in [5.41, 5.74) is 4.02. The van der Waals surface area contributed by atoms with Gasteiger partial charge in [-0.3, -0.25) is 9.69 Å². The molecule has 1 saturated heterocycles. The lowest BCUT2D eigenvalue weighted by atomic mass is 9.96. The Bertz CT molecular complexity index is 974. The SMILES string of the molecule is Cc1[nH]c2ccc(F)cc2c1C(C)C(=O)N1CCN(Cc2ccccc2)CC1. The lowest BCUT2D eigenvalue weighted by Crippen LogP contribution is -2.49. The smallest absolute Gasteiger partial charge is 0.230 e. The van der Waals surface area contributed by atoms with Gasteiger partial charge in [-0.1, -0.05) is 30.3 Å². The van der Waals surface area contributed by atoms with Crippen molar-refractivity contribution in [1.82, 2.24) is 14.8 Å². The number of halogens is 1. The maximum atomic E-state index is 13.8. The van der Waals surface area contributed by atoms with Gasteiger partial charge in [0.2, 0.25) is 5.91 Å². The molecule has 0 bridgehead atoms. The van der Waals surface area contributed by atoms with E-state index in [1.807, 2.05) is 24.8 Å². The molecule has 2 aromatic carbocycles. The van der Waals surface area contributed by atoms with Crippen molar-refractivity contribution in [3.8, 4) is 0 Å². The summed E-state index contributed by atoms with van der Waals surface area (Å²) in [4.78, 5) is 20.8. The zero-order valence-corrected chi connectivity index (χ0v) is 16.4. The average molecular weight is 379 g/mol. The molecule has 1 aliphatic heterocycles. The molecule has 1 unspecified atom stereocenters. The maximum absolute atomic E-state index is 13.8. The van der Waals surface area contributed by atoms with E-state index in [4.69, 9.17) is 0 Å². The second kappa shape index (κ2) is 7.76. The van der Waals surface area contributed by atoms with Crippen molar-refractivity contribution in [2.75, 3.05) is 26.2 Å². The lowest BCUT2D eigenvalue weighted by Gasteiger charge is -2.36. The van der Waals surface area contributed by atoms with E-state index in [0.717, 1.165) is 54.9 Å². The third-order valence-electron chi connectivity index (χ3n) is 5.73. The van der Waals surface area contributed by atoms with Crippen LogP contribution in [0.5, 0.6) is 0 Å². The predicted molar refractivity (Wildman–Crippen MR) is 110 cm³/mol. The zero-order valence-electron chi connectivity index (χ0n) is 16.4. The number of nitrogens with zero attached hydrogens (tertiary/aromatic N) is 2. The summed E-state index contributed by atoms with van der Waals surface area (Å²) >= 11 is 0. The van der Waals surface area contributed by atoms with Crippen LogP contribution >= 0.6 is 0 Å². The third kappa shape index (κ3) is 3.67. The molecule has 0 aliphatic carbocycles. The first-order chi connectivity index (χ1) is 13.5. The molecule has 1 amide bonds. The minimum atomic E-state index is -0.295. The molecule has 28 heavy (non-hydrogen) atoms. The van der Waals surface area contributed by atoms with Gasteiger partial charge in [0.05, 0.1) is 5.92 Å². The molecule has 3 aromatic rings. The first-order valence-corrected chi connectivity index (χ1v) is 9.85. The van der Waals surface area contributed by atoms with Gasteiger partial charge in [0.25, 0.3) is 0 Å². The van der Waals surface area contributed by atoms with Crippen molar-refractivity contribution in [1.29, 1.82) is 0 Å². The summed E-state index contributed by atoms with van der Waals surface area (Å²) < 4.78 is 13.8. The van der Waals surface area contributed by atoms with Crippen LogP contribution < -0.4 is 0 Å². The molecule has 1 N–H and O–H groups in total. The van der Waals surface area contributed by atoms with E-state index in [2.05, 4.69) is 34.1 Å². The molecule has 146 valence electrons. The van der Waals surface area contributed by atoms with Crippen molar-refractivity contribution >= 4 is 16.8 Å². The fourth-order valence-electron chi connectivity index (χ4n) is 4.24. The predicted octanol–water partition coefficient (Wildman–Crippen LogP) is 4.06. The number of aromatic nitrogens is 1. The monoisotopic (exact) mass is 379 g/mol. The Labute approximate surface area is 165 Å². The number of rotatable bonds is 4. The molecule has 1 aromatic heterocycles. The molecule has 5 heteroatoms. The van der Waals surface area contributed by atoms with E-state index in [9.17, 15) is 9.18 Å². The van der Waals surface area contributed by atoms with E-state index in [-0.39, 0.29) is 17.6 Å². The van der Waals surface area contributed by atoms with Gasteiger partial charge in [0, 0.05) is 49.3 Å². The first-order valence-electron chi connectivity index (χ1n) is 9.85. The molecule has 1 atom stereocenters. The van der Waals surface area contributed by atoms with Gasteiger partial charge in [-0.15, -0.1) is 0 Å². The summed E-state index contributed by atoms with van der Waals surface area (Å²) in [5.74, 6) is -0.453. The number of benzene rings is 2. The molecular weight excluding hydrogens is 353 g/mol. The van der Waals surface area contributed by atoms with Gasteiger partial charge in [0.15, 0.2) is 0 Å². The van der Waals surface area contributed by atoms with Crippen LogP contribution in [0.2, 0.25) is 0 Å². The van der Waals surface area contributed by atoms with Gasteiger partial charge in [-0.25, -0.2) is 4.39 Å². The lowest BCUT2D eigenvalue weighted by molar-refractivity contribution is -0.134. The van der Waals surface area contributed by atoms with Crippen LogP contribution in [-0.2, 0) is 11.3 Å². The summed E-state index contributed by atoms with van der Waals surface area (Å²) in [5, 5.41) is 0.807. The highest BCUT2D eigenvalue weighted by Gasteiger charge is 2.28.